The van der Waals surface area contributed by atoms with Gasteiger partial charge in [-0.1, -0.05) is 13.0 Å². The Morgan fingerprint density at radius 1 is 0.929 bits per heavy atom. The predicted octanol–water partition coefficient (Wildman–Crippen LogP) is 4.78. The molecule has 6 nitrogen and oxygen atoms in total. The molecule has 2 N–H and O–H groups in total. The van der Waals surface area contributed by atoms with E-state index in [9.17, 15) is 4.79 Å². The maximum absolute atomic E-state index is 11.4. The molecule has 2 aromatic carbocycles. The molecule has 0 saturated heterocycles. The average molecular weight is 369 g/mol. The van der Waals surface area contributed by atoms with Crippen molar-refractivity contribution < 1.29 is 4.79 Å². The SMILES string of the molecule is CCC(=O)Nc1ccc(Nc2ncc3cc(-c4ccncc4)ccc3n2)cc1. The molecule has 138 valence electrons. The van der Waals surface area contributed by atoms with Crippen molar-refractivity contribution in [3.8, 4) is 11.1 Å². The van der Waals surface area contributed by atoms with E-state index in [1.807, 2.05) is 61.7 Å². The highest BCUT2D eigenvalue weighted by molar-refractivity contribution is 5.90. The van der Waals surface area contributed by atoms with Gasteiger partial charge < -0.3 is 10.6 Å². The molecule has 2 aromatic heterocycles. The Kier molecular flexibility index (Phi) is 4.93. The Morgan fingerprint density at radius 2 is 1.68 bits per heavy atom. The highest BCUT2D eigenvalue weighted by atomic mass is 16.1. The summed E-state index contributed by atoms with van der Waals surface area (Å²) < 4.78 is 0. The molecule has 4 aromatic rings. The summed E-state index contributed by atoms with van der Waals surface area (Å²) in [5, 5.41) is 6.99. The van der Waals surface area contributed by atoms with Crippen molar-refractivity contribution in [3.05, 3.63) is 73.2 Å². The first-order valence-electron chi connectivity index (χ1n) is 9.05. The third-order valence-corrected chi connectivity index (χ3v) is 4.34. The van der Waals surface area contributed by atoms with Crippen LogP contribution in [0.1, 0.15) is 13.3 Å². The Labute approximate surface area is 162 Å². The molecular weight excluding hydrogens is 350 g/mol. The predicted molar refractivity (Wildman–Crippen MR) is 111 cm³/mol. The Balaban J connectivity index is 1.52. The van der Waals surface area contributed by atoms with Crippen LogP contribution in [-0.2, 0) is 4.79 Å². The van der Waals surface area contributed by atoms with Gasteiger partial charge >= 0.3 is 0 Å². The monoisotopic (exact) mass is 369 g/mol. The maximum atomic E-state index is 11.4. The molecular formula is C22H19N5O. The minimum absolute atomic E-state index is 0.00953. The van der Waals surface area contributed by atoms with E-state index < -0.39 is 0 Å². The second-order valence-electron chi connectivity index (χ2n) is 6.31. The summed E-state index contributed by atoms with van der Waals surface area (Å²) in [5.74, 6) is 0.513. The molecule has 0 aliphatic carbocycles. The highest BCUT2D eigenvalue weighted by Gasteiger charge is 2.04. The molecule has 6 heteroatoms. The van der Waals surface area contributed by atoms with E-state index in [2.05, 4.69) is 31.7 Å². The number of benzene rings is 2. The number of fused-ring (bicyclic) bond motifs is 1. The molecule has 1 amide bonds. The van der Waals surface area contributed by atoms with Gasteiger partial charge in [-0.2, -0.15) is 0 Å². The number of pyridine rings is 1. The molecule has 0 saturated carbocycles. The van der Waals surface area contributed by atoms with E-state index in [0.29, 0.717) is 12.4 Å². The van der Waals surface area contributed by atoms with Crippen molar-refractivity contribution >= 4 is 34.1 Å². The molecule has 0 bridgehead atoms. The molecule has 0 aliphatic rings. The zero-order valence-corrected chi connectivity index (χ0v) is 15.4. The lowest BCUT2D eigenvalue weighted by Crippen LogP contribution is -2.09. The lowest BCUT2D eigenvalue weighted by atomic mass is 10.1. The smallest absolute Gasteiger partial charge is 0.227 e. The number of nitrogens with zero attached hydrogens (tertiary/aromatic N) is 3. The van der Waals surface area contributed by atoms with Gasteiger partial charge in [-0.3, -0.25) is 9.78 Å². The second-order valence-corrected chi connectivity index (χ2v) is 6.31. The van der Waals surface area contributed by atoms with Gasteiger partial charge in [0.25, 0.3) is 0 Å². The van der Waals surface area contributed by atoms with Gasteiger partial charge in [0.1, 0.15) is 0 Å². The molecule has 0 radical (unpaired) electrons. The number of hydrogen-bond acceptors (Lipinski definition) is 5. The Hall–Kier alpha value is -3.80. The molecule has 0 atom stereocenters. The number of hydrogen-bond donors (Lipinski definition) is 2. The Bertz CT molecular complexity index is 1110. The quantitative estimate of drug-likeness (QED) is 0.529. The minimum Gasteiger partial charge on any atom is -0.326 e. The zero-order chi connectivity index (χ0) is 19.3. The van der Waals surface area contributed by atoms with Crippen molar-refractivity contribution in [2.45, 2.75) is 13.3 Å². The summed E-state index contributed by atoms with van der Waals surface area (Å²) >= 11 is 0. The molecule has 0 spiro atoms. The summed E-state index contributed by atoms with van der Waals surface area (Å²) in [6.07, 6.45) is 5.82. The molecule has 0 unspecified atom stereocenters. The average Bonchev–Trinajstić information content (AvgIpc) is 2.75. The van der Waals surface area contributed by atoms with Crippen molar-refractivity contribution in [3.63, 3.8) is 0 Å². The van der Waals surface area contributed by atoms with Gasteiger partial charge in [-0.05, 0) is 59.7 Å². The normalized spacial score (nSPS) is 10.6. The van der Waals surface area contributed by atoms with Crippen molar-refractivity contribution in [2.75, 3.05) is 10.6 Å². The minimum atomic E-state index is -0.00953. The van der Waals surface area contributed by atoms with Crippen molar-refractivity contribution in [2.24, 2.45) is 0 Å². The van der Waals surface area contributed by atoms with E-state index in [4.69, 9.17) is 0 Å². The third-order valence-electron chi connectivity index (χ3n) is 4.34. The number of anilines is 3. The first kappa shape index (κ1) is 17.6. The first-order valence-corrected chi connectivity index (χ1v) is 9.05. The largest absolute Gasteiger partial charge is 0.326 e. The van der Waals surface area contributed by atoms with Gasteiger partial charge in [-0.25, -0.2) is 9.97 Å². The van der Waals surface area contributed by atoms with E-state index in [0.717, 1.165) is 33.4 Å². The van der Waals surface area contributed by atoms with Crippen LogP contribution in [-0.4, -0.2) is 20.9 Å². The second kappa shape index (κ2) is 7.84. The summed E-state index contributed by atoms with van der Waals surface area (Å²) in [5.41, 5.74) is 4.68. The van der Waals surface area contributed by atoms with Crippen LogP contribution in [0, 0.1) is 0 Å². The summed E-state index contributed by atoms with van der Waals surface area (Å²) in [7, 11) is 0. The third kappa shape index (κ3) is 3.96. The topological polar surface area (TPSA) is 79.8 Å². The Morgan fingerprint density at radius 3 is 2.43 bits per heavy atom. The van der Waals surface area contributed by atoms with Crippen LogP contribution < -0.4 is 10.6 Å². The van der Waals surface area contributed by atoms with E-state index in [-0.39, 0.29) is 5.91 Å². The lowest BCUT2D eigenvalue weighted by Gasteiger charge is -2.08. The van der Waals surface area contributed by atoms with Gasteiger partial charge in [0.05, 0.1) is 5.52 Å². The van der Waals surface area contributed by atoms with Crippen LogP contribution in [0.5, 0.6) is 0 Å². The number of nitrogens with one attached hydrogen (secondary N) is 2. The molecule has 0 aliphatic heterocycles. The number of carbonyl (C=O) groups is 1. The molecule has 2 heterocycles. The summed E-state index contributed by atoms with van der Waals surface area (Å²) in [6, 6.07) is 17.5. The van der Waals surface area contributed by atoms with Crippen LogP contribution in [0.15, 0.2) is 73.2 Å². The van der Waals surface area contributed by atoms with Gasteiger partial charge in [0.15, 0.2) is 0 Å². The number of aromatic nitrogens is 3. The van der Waals surface area contributed by atoms with Crippen LogP contribution in [0.4, 0.5) is 17.3 Å². The van der Waals surface area contributed by atoms with E-state index in [1.54, 1.807) is 12.4 Å². The van der Waals surface area contributed by atoms with Crippen LogP contribution in [0.25, 0.3) is 22.0 Å². The van der Waals surface area contributed by atoms with Crippen molar-refractivity contribution in [1.29, 1.82) is 0 Å². The fourth-order valence-corrected chi connectivity index (χ4v) is 2.83. The zero-order valence-electron chi connectivity index (χ0n) is 15.4. The van der Waals surface area contributed by atoms with Crippen molar-refractivity contribution in [1.82, 2.24) is 15.0 Å². The van der Waals surface area contributed by atoms with E-state index in [1.165, 1.54) is 0 Å². The highest BCUT2D eigenvalue weighted by Crippen LogP contribution is 2.24. The number of amides is 1. The number of carbonyl (C=O) groups excluding carboxylic acids is 1. The van der Waals surface area contributed by atoms with Crippen LogP contribution in [0.3, 0.4) is 0 Å². The van der Waals surface area contributed by atoms with Crippen LogP contribution in [0.2, 0.25) is 0 Å². The van der Waals surface area contributed by atoms with Gasteiger partial charge in [0.2, 0.25) is 11.9 Å². The van der Waals surface area contributed by atoms with E-state index >= 15 is 0 Å². The lowest BCUT2D eigenvalue weighted by molar-refractivity contribution is -0.115. The van der Waals surface area contributed by atoms with Gasteiger partial charge in [-0.15, -0.1) is 0 Å². The standard InChI is InChI=1S/C22H19N5O/c1-2-21(28)25-18-4-6-19(7-5-18)26-22-24-14-17-13-16(3-8-20(17)27-22)15-9-11-23-12-10-15/h3-14H,2H2,1H3,(H,25,28)(H,24,26,27). The molecule has 28 heavy (non-hydrogen) atoms. The fourth-order valence-electron chi connectivity index (χ4n) is 2.83. The van der Waals surface area contributed by atoms with Crippen LogP contribution >= 0.6 is 0 Å². The summed E-state index contributed by atoms with van der Waals surface area (Å²) in [6.45, 7) is 1.82. The molecule has 4 rings (SSSR count). The maximum Gasteiger partial charge on any atom is 0.227 e. The fraction of sp³-hybridized carbons (Fsp3) is 0.0909. The van der Waals surface area contributed by atoms with Gasteiger partial charge in [0, 0.05) is 41.8 Å². The first-order chi connectivity index (χ1) is 13.7. The summed E-state index contributed by atoms with van der Waals surface area (Å²) in [4.78, 5) is 24.5. The molecule has 0 fully saturated rings. The number of rotatable bonds is 5.